The SMILES string of the molecule is Cc1cc(C#N)cc(C)c1Oc1ccc(S(N)(=O)=O)cn1. The van der Waals surface area contributed by atoms with E-state index < -0.39 is 10.0 Å². The van der Waals surface area contributed by atoms with E-state index in [1.54, 1.807) is 12.1 Å². The molecule has 108 valence electrons. The Morgan fingerprint density at radius 3 is 2.29 bits per heavy atom. The number of rotatable bonds is 3. The molecule has 0 saturated heterocycles. The van der Waals surface area contributed by atoms with Gasteiger partial charge in [0.05, 0.1) is 17.8 Å². The quantitative estimate of drug-likeness (QED) is 0.933. The maximum Gasteiger partial charge on any atom is 0.239 e. The van der Waals surface area contributed by atoms with Gasteiger partial charge in [-0.1, -0.05) is 0 Å². The van der Waals surface area contributed by atoms with Crippen molar-refractivity contribution in [2.75, 3.05) is 0 Å². The number of pyridine rings is 1. The van der Waals surface area contributed by atoms with Crippen molar-refractivity contribution >= 4 is 10.0 Å². The molecule has 0 saturated carbocycles. The van der Waals surface area contributed by atoms with Crippen LogP contribution in [-0.4, -0.2) is 13.4 Å². The average molecular weight is 303 g/mol. The highest BCUT2D eigenvalue weighted by atomic mass is 32.2. The maximum atomic E-state index is 11.1. The van der Waals surface area contributed by atoms with E-state index in [1.165, 1.54) is 12.1 Å². The molecule has 0 aliphatic rings. The predicted molar refractivity (Wildman–Crippen MR) is 76.3 cm³/mol. The number of hydrogen-bond donors (Lipinski definition) is 1. The first-order valence-electron chi connectivity index (χ1n) is 5.99. The monoisotopic (exact) mass is 303 g/mol. The van der Waals surface area contributed by atoms with Crippen molar-refractivity contribution < 1.29 is 13.2 Å². The molecule has 0 radical (unpaired) electrons. The number of nitrogens with two attached hydrogens (primary N) is 1. The van der Waals surface area contributed by atoms with Crippen LogP contribution in [0.5, 0.6) is 11.6 Å². The number of sulfonamides is 1. The van der Waals surface area contributed by atoms with Crippen molar-refractivity contribution in [1.29, 1.82) is 5.26 Å². The molecule has 0 amide bonds. The highest BCUT2D eigenvalue weighted by molar-refractivity contribution is 7.89. The molecule has 7 heteroatoms. The summed E-state index contributed by atoms with van der Waals surface area (Å²) in [6.07, 6.45) is 1.14. The number of hydrogen-bond acceptors (Lipinski definition) is 5. The fourth-order valence-electron chi connectivity index (χ4n) is 1.88. The smallest absolute Gasteiger partial charge is 0.239 e. The first-order chi connectivity index (χ1) is 9.81. The lowest BCUT2D eigenvalue weighted by atomic mass is 10.1. The molecule has 0 spiro atoms. The highest BCUT2D eigenvalue weighted by Gasteiger charge is 2.11. The summed E-state index contributed by atoms with van der Waals surface area (Å²) in [5.74, 6) is 0.836. The molecule has 1 aromatic heterocycles. The normalized spacial score (nSPS) is 11.0. The molecule has 0 unspecified atom stereocenters. The Morgan fingerprint density at radius 2 is 1.86 bits per heavy atom. The van der Waals surface area contributed by atoms with Gasteiger partial charge >= 0.3 is 0 Å². The van der Waals surface area contributed by atoms with Gasteiger partial charge in [-0.25, -0.2) is 18.5 Å². The zero-order chi connectivity index (χ0) is 15.6. The molecule has 2 aromatic rings. The number of aromatic nitrogens is 1. The van der Waals surface area contributed by atoms with Crippen molar-refractivity contribution in [2.45, 2.75) is 18.7 Å². The average Bonchev–Trinajstić information content (AvgIpc) is 2.42. The highest BCUT2D eigenvalue weighted by Crippen LogP contribution is 2.29. The summed E-state index contributed by atoms with van der Waals surface area (Å²) < 4.78 is 27.9. The second-order valence-corrected chi connectivity index (χ2v) is 6.09. The number of benzene rings is 1. The lowest BCUT2D eigenvalue weighted by Crippen LogP contribution is -2.12. The molecule has 1 aromatic carbocycles. The fraction of sp³-hybridized carbons (Fsp3) is 0.143. The Morgan fingerprint density at radius 1 is 1.24 bits per heavy atom. The molecule has 2 rings (SSSR count). The Balaban J connectivity index is 2.33. The van der Waals surface area contributed by atoms with E-state index in [2.05, 4.69) is 11.1 Å². The molecule has 0 bridgehead atoms. The Kier molecular flexibility index (Phi) is 3.93. The standard InChI is InChI=1S/C14H13N3O3S/c1-9-5-11(7-15)6-10(2)14(9)20-13-4-3-12(8-17-13)21(16,18)19/h3-6,8H,1-2H3,(H2,16,18,19). The van der Waals surface area contributed by atoms with Gasteiger partial charge < -0.3 is 4.74 Å². The molecule has 0 fully saturated rings. The minimum absolute atomic E-state index is 0.0804. The molecule has 21 heavy (non-hydrogen) atoms. The summed E-state index contributed by atoms with van der Waals surface area (Å²) in [7, 11) is -3.77. The second-order valence-electron chi connectivity index (χ2n) is 4.53. The third-order valence-corrected chi connectivity index (χ3v) is 3.73. The van der Waals surface area contributed by atoms with Crippen LogP contribution in [0, 0.1) is 25.2 Å². The van der Waals surface area contributed by atoms with Gasteiger partial charge in [0.25, 0.3) is 0 Å². The summed E-state index contributed by atoms with van der Waals surface area (Å²) in [6.45, 7) is 3.64. The summed E-state index contributed by atoms with van der Waals surface area (Å²) in [6, 6.07) is 8.24. The number of aryl methyl sites for hydroxylation is 2. The predicted octanol–water partition coefficient (Wildman–Crippen LogP) is 2.01. The number of nitriles is 1. The molecule has 1 heterocycles. The summed E-state index contributed by atoms with van der Waals surface area (Å²) in [4.78, 5) is 3.84. The fourth-order valence-corrected chi connectivity index (χ4v) is 2.33. The van der Waals surface area contributed by atoms with Gasteiger partial charge in [0.15, 0.2) is 0 Å². The van der Waals surface area contributed by atoms with Crippen molar-refractivity contribution in [3.8, 4) is 17.7 Å². The van der Waals surface area contributed by atoms with Crippen molar-refractivity contribution in [1.82, 2.24) is 4.98 Å². The third-order valence-electron chi connectivity index (χ3n) is 2.83. The van der Waals surface area contributed by atoms with Gasteiger partial charge in [-0.15, -0.1) is 0 Å². The van der Waals surface area contributed by atoms with Crippen molar-refractivity contribution in [3.63, 3.8) is 0 Å². The molecule has 0 atom stereocenters. The summed E-state index contributed by atoms with van der Waals surface area (Å²) in [5, 5.41) is 13.9. The topological polar surface area (TPSA) is 106 Å². The van der Waals surface area contributed by atoms with Crippen LogP contribution in [0.3, 0.4) is 0 Å². The van der Waals surface area contributed by atoms with Gasteiger partial charge in [0, 0.05) is 6.07 Å². The lowest BCUT2D eigenvalue weighted by Gasteiger charge is -2.11. The first-order valence-corrected chi connectivity index (χ1v) is 7.54. The minimum atomic E-state index is -3.77. The zero-order valence-electron chi connectivity index (χ0n) is 11.5. The van der Waals surface area contributed by atoms with Crippen LogP contribution >= 0.6 is 0 Å². The number of primary sulfonamides is 1. The van der Waals surface area contributed by atoms with E-state index in [-0.39, 0.29) is 10.8 Å². The van der Waals surface area contributed by atoms with E-state index in [1.807, 2.05) is 13.8 Å². The van der Waals surface area contributed by atoms with Crippen LogP contribution in [0.2, 0.25) is 0 Å². The van der Waals surface area contributed by atoms with Gasteiger partial charge in [-0.3, -0.25) is 0 Å². The van der Waals surface area contributed by atoms with Crippen LogP contribution in [0.25, 0.3) is 0 Å². The van der Waals surface area contributed by atoms with E-state index in [9.17, 15) is 8.42 Å². The second kappa shape index (κ2) is 5.52. The maximum absolute atomic E-state index is 11.1. The van der Waals surface area contributed by atoms with Gasteiger partial charge in [-0.2, -0.15) is 5.26 Å². The van der Waals surface area contributed by atoms with Crippen molar-refractivity contribution in [3.05, 3.63) is 47.2 Å². The molecule has 6 nitrogen and oxygen atoms in total. The molecule has 0 aliphatic carbocycles. The van der Waals surface area contributed by atoms with Crippen LogP contribution in [-0.2, 0) is 10.0 Å². The largest absolute Gasteiger partial charge is 0.438 e. The van der Waals surface area contributed by atoms with Crippen LogP contribution < -0.4 is 9.88 Å². The van der Waals surface area contributed by atoms with E-state index >= 15 is 0 Å². The first kappa shape index (κ1) is 15.0. The van der Waals surface area contributed by atoms with Crippen LogP contribution in [0.1, 0.15) is 16.7 Å². The van der Waals surface area contributed by atoms with Crippen molar-refractivity contribution in [2.24, 2.45) is 5.14 Å². The van der Waals surface area contributed by atoms with E-state index in [0.29, 0.717) is 11.3 Å². The summed E-state index contributed by atoms with van der Waals surface area (Å²) in [5.41, 5.74) is 2.14. The molecular weight excluding hydrogens is 290 g/mol. The third kappa shape index (κ3) is 3.37. The van der Waals surface area contributed by atoms with E-state index in [0.717, 1.165) is 17.3 Å². The van der Waals surface area contributed by atoms with E-state index in [4.69, 9.17) is 15.1 Å². The number of nitrogens with zero attached hydrogens (tertiary/aromatic N) is 2. The summed E-state index contributed by atoms with van der Waals surface area (Å²) >= 11 is 0. The Labute approximate surface area is 122 Å². The molecule has 0 aliphatic heterocycles. The van der Waals surface area contributed by atoms with Gasteiger partial charge in [-0.05, 0) is 43.2 Å². The van der Waals surface area contributed by atoms with Crippen LogP contribution in [0.15, 0.2) is 35.4 Å². The number of ether oxygens (including phenoxy) is 1. The minimum Gasteiger partial charge on any atom is -0.438 e. The van der Waals surface area contributed by atoms with Gasteiger partial charge in [0.2, 0.25) is 15.9 Å². The van der Waals surface area contributed by atoms with Gasteiger partial charge in [0.1, 0.15) is 10.6 Å². The molecule has 2 N–H and O–H groups in total. The molecular formula is C14H13N3O3S. The Hall–Kier alpha value is -2.43. The Bertz CT molecular complexity index is 799. The zero-order valence-corrected chi connectivity index (χ0v) is 12.3. The van der Waals surface area contributed by atoms with Crippen LogP contribution in [0.4, 0.5) is 0 Å². The lowest BCUT2D eigenvalue weighted by molar-refractivity contribution is 0.455.